The van der Waals surface area contributed by atoms with Gasteiger partial charge in [-0.2, -0.15) is 0 Å². The third kappa shape index (κ3) is 11.8. The molecule has 2 aliphatic rings. The smallest absolute Gasteiger partial charge is 0.119 e. The van der Waals surface area contributed by atoms with Crippen LogP contribution in [-0.4, -0.2) is 38.6 Å². The van der Waals surface area contributed by atoms with Crippen LogP contribution in [0.4, 0.5) is 0 Å². The molecule has 0 spiro atoms. The Balaban J connectivity index is 1.28. The molecule has 0 heterocycles. The average molecular weight is 615 g/mol. The van der Waals surface area contributed by atoms with Crippen LogP contribution >= 0.6 is 0 Å². The summed E-state index contributed by atoms with van der Waals surface area (Å²) in [6, 6.07) is 18.3. The Labute approximate surface area is 273 Å². The Morgan fingerprint density at radius 1 is 0.778 bits per heavy atom. The Bertz CT molecular complexity index is 1190. The Hall–Kier alpha value is -2.82. The van der Waals surface area contributed by atoms with Gasteiger partial charge in [-0.25, -0.2) is 0 Å². The van der Waals surface area contributed by atoms with Crippen LogP contribution in [0, 0.1) is 5.92 Å². The summed E-state index contributed by atoms with van der Waals surface area (Å²) in [6.07, 6.45) is 22.4. The molecule has 2 aromatic rings. The topological polar surface area (TPSA) is 47.9 Å². The molecule has 2 aliphatic carbocycles. The van der Waals surface area contributed by atoms with Crippen molar-refractivity contribution in [3.8, 4) is 11.1 Å². The van der Waals surface area contributed by atoms with Gasteiger partial charge in [-0.15, -0.1) is 0 Å². The average Bonchev–Trinajstić information content (AvgIpc) is 3.08. The van der Waals surface area contributed by atoms with Crippen molar-refractivity contribution in [3.63, 3.8) is 0 Å². The van der Waals surface area contributed by atoms with E-state index in [9.17, 15) is 5.11 Å². The number of ether oxygens (including phenoxy) is 3. The van der Waals surface area contributed by atoms with Gasteiger partial charge in [0.05, 0.1) is 19.8 Å². The van der Waals surface area contributed by atoms with Gasteiger partial charge in [0.15, 0.2) is 0 Å². The number of aliphatic hydroxyl groups excluding tert-OH is 1. The second-order valence-corrected chi connectivity index (χ2v) is 13.2. The molecule has 1 unspecified atom stereocenters. The molecule has 1 fully saturated rings. The molecule has 45 heavy (non-hydrogen) atoms. The van der Waals surface area contributed by atoms with Gasteiger partial charge in [0.1, 0.15) is 18.1 Å². The number of benzene rings is 2. The van der Waals surface area contributed by atoms with Crippen LogP contribution in [0.2, 0.25) is 0 Å². The fourth-order valence-electron chi connectivity index (χ4n) is 6.84. The number of methoxy groups -OCH3 is 1. The fourth-order valence-corrected chi connectivity index (χ4v) is 6.84. The van der Waals surface area contributed by atoms with Gasteiger partial charge < -0.3 is 19.3 Å². The molecule has 0 bridgehead atoms. The van der Waals surface area contributed by atoms with Gasteiger partial charge >= 0.3 is 0 Å². The zero-order chi connectivity index (χ0) is 31.7. The molecule has 4 rings (SSSR count). The van der Waals surface area contributed by atoms with Crippen molar-refractivity contribution in [1.29, 1.82) is 0 Å². The van der Waals surface area contributed by atoms with Crippen LogP contribution in [-0.2, 0) is 14.2 Å². The van der Waals surface area contributed by atoms with Crippen molar-refractivity contribution in [1.82, 2.24) is 0 Å². The minimum atomic E-state index is -0.0122. The lowest BCUT2D eigenvalue weighted by atomic mass is 9.77. The first-order valence-corrected chi connectivity index (χ1v) is 17.7. The standard InChI is InChI=1S/C41H58O4/c1-4-5-6-7-8-9-10-11-33-12-14-34(15-13-33)35-16-18-36(19-17-35)37-20-22-38(23-21-37)39-28-40(44-25-24-32(2)31-42)30-41(29-39)45-27-26-43-3/h16-23,28,30,33-34,39,42H,2,4-15,24-27,29,31H2,1,3H3. The molecule has 0 aromatic heterocycles. The highest BCUT2D eigenvalue weighted by Crippen LogP contribution is 2.39. The summed E-state index contributed by atoms with van der Waals surface area (Å²) in [5.74, 6) is 3.54. The quantitative estimate of drug-likeness (QED) is 0.119. The summed E-state index contributed by atoms with van der Waals surface area (Å²) >= 11 is 0. The van der Waals surface area contributed by atoms with Gasteiger partial charge in [-0.1, -0.05) is 113 Å². The summed E-state index contributed by atoms with van der Waals surface area (Å²) < 4.78 is 17.2. The van der Waals surface area contributed by atoms with Crippen molar-refractivity contribution < 1.29 is 19.3 Å². The molecule has 1 saturated carbocycles. The first kappa shape index (κ1) is 35.0. The molecular formula is C41H58O4. The summed E-state index contributed by atoms with van der Waals surface area (Å²) in [5.41, 5.74) is 6.04. The third-order valence-electron chi connectivity index (χ3n) is 9.73. The van der Waals surface area contributed by atoms with Crippen LogP contribution in [0.15, 0.2) is 84.4 Å². The maximum atomic E-state index is 9.25. The largest absolute Gasteiger partial charge is 0.495 e. The molecule has 246 valence electrons. The number of rotatable bonds is 20. The molecule has 0 radical (unpaired) electrons. The van der Waals surface area contributed by atoms with E-state index >= 15 is 0 Å². The number of unbranched alkanes of at least 4 members (excludes halogenated alkanes) is 6. The lowest BCUT2D eigenvalue weighted by Gasteiger charge is -2.29. The number of aliphatic hydroxyl groups is 1. The minimum Gasteiger partial charge on any atom is -0.495 e. The fraction of sp³-hybridized carbons (Fsp3) is 0.561. The second kappa shape index (κ2) is 19.6. The molecule has 1 N–H and O–H groups in total. The number of hydrogen-bond donors (Lipinski definition) is 1. The molecule has 4 nitrogen and oxygen atoms in total. The van der Waals surface area contributed by atoms with E-state index in [-0.39, 0.29) is 12.5 Å². The summed E-state index contributed by atoms with van der Waals surface area (Å²) in [4.78, 5) is 0. The van der Waals surface area contributed by atoms with Crippen molar-refractivity contribution in [2.24, 2.45) is 5.92 Å². The van der Waals surface area contributed by atoms with Crippen LogP contribution < -0.4 is 0 Å². The van der Waals surface area contributed by atoms with Gasteiger partial charge in [-0.3, -0.25) is 0 Å². The summed E-state index contributed by atoms with van der Waals surface area (Å²) in [7, 11) is 1.68. The third-order valence-corrected chi connectivity index (χ3v) is 9.73. The number of hydrogen-bond acceptors (Lipinski definition) is 4. The summed E-state index contributed by atoms with van der Waals surface area (Å²) in [5, 5.41) is 9.25. The van der Waals surface area contributed by atoms with Crippen molar-refractivity contribution in [2.75, 3.05) is 33.5 Å². The van der Waals surface area contributed by atoms with Gasteiger partial charge in [0, 0.05) is 31.9 Å². The maximum Gasteiger partial charge on any atom is 0.119 e. The van der Waals surface area contributed by atoms with E-state index in [1.807, 2.05) is 6.08 Å². The normalized spacial score (nSPS) is 19.9. The van der Waals surface area contributed by atoms with E-state index in [2.05, 4.69) is 68.1 Å². The zero-order valence-corrected chi connectivity index (χ0v) is 28.1. The molecule has 2 aromatic carbocycles. The van der Waals surface area contributed by atoms with Crippen LogP contribution in [0.3, 0.4) is 0 Å². The van der Waals surface area contributed by atoms with Gasteiger partial charge in [-0.05, 0) is 71.4 Å². The SMILES string of the molecule is C=C(CO)CCOC1=CC(c2ccc(-c3ccc(C4CCC(CCCCCCCCC)CC4)cc3)cc2)CC(OCCOC)=C1. The first-order valence-electron chi connectivity index (χ1n) is 17.7. The van der Waals surface area contributed by atoms with Crippen molar-refractivity contribution in [3.05, 3.63) is 95.5 Å². The molecular weight excluding hydrogens is 556 g/mol. The van der Waals surface area contributed by atoms with E-state index in [0.717, 1.165) is 35.3 Å². The van der Waals surface area contributed by atoms with E-state index < -0.39 is 0 Å². The molecule has 4 heteroatoms. The zero-order valence-electron chi connectivity index (χ0n) is 28.1. The highest BCUT2D eigenvalue weighted by atomic mass is 16.5. The highest BCUT2D eigenvalue weighted by Gasteiger charge is 2.23. The Kier molecular flexibility index (Phi) is 15.3. The predicted octanol–water partition coefficient (Wildman–Crippen LogP) is 10.6. The van der Waals surface area contributed by atoms with E-state index in [1.54, 1.807) is 7.11 Å². The molecule has 1 atom stereocenters. The van der Waals surface area contributed by atoms with Gasteiger partial charge in [0.2, 0.25) is 0 Å². The highest BCUT2D eigenvalue weighted by molar-refractivity contribution is 5.64. The predicted molar refractivity (Wildman–Crippen MR) is 187 cm³/mol. The first-order chi connectivity index (χ1) is 22.1. The van der Waals surface area contributed by atoms with Crippen LogP contribution in [0.1, 0.15) is 120 Å². The number of allylic oxidation sites excluding steroid dienone is 3. The molecule has 0 amide bonds. The second-order valence-electron chi connectivity index (χ2n) is 13.2. The van der Waals surface area contributed by atoms with E-state index in [0.29, 0.717) is 26.2 Å². The van der Waals surface area contributed by atoms with Gasteiger partial charge in [0.25, 0.3) is 0 Å². The lowest BCUT2D eigenvalue weighted by molar-refractivity contribution is 0.103. The van der Waals surface area contributed by atoms with E-state index in [1.165, 1.54) is 99.3 Å². The van der Waals surface area contributed by atoms with Crippen LogP contribution in [0.5, 0.6) is 0 Å². The van der Waals surface area contributed by atoms with Crippen molar-refractivity contribution in [2.45, 2.75) is 109 Å². The lowest BCUT2D eigenvalue weighted by Crippen LogP contribution is -2.13. The van der Waals surface area contributed by atoms with Crippen LogP contribution in [0.25, 0.3) is 11.1 Å². The monoisotopic (exact) mass is 614 g/mol. The Morgan fingerprint density at radius 2 is 1.42 bits per heavy atom. The van der Waals surface area contributed by atoms with E-state index in [4.69, 9.17) is 14.2 Å². The van der Waals surface area contributed by atoms with Crippen molar-refractivity contribution >= 4 is 0 Å². The maximum absolute atomic E-state index is 9.25. The minimum absolute atomic E-state index is 0.0122. The molecule has 0 saturated heterocycles. The summed E-state index contributed by atoms with van der Waals surface area (Å²) in [6.45, 7) is 7.69. The Morgan fingerprint density at radius 3 is 2.07 bits per heavy atom. The molecule has 0 aliphatic heterocycles.